The Morgan fingerprint density at radius 1 is 1.00 bits per heavy atom. The van der Waals surface area contributed by atoms with Gasteiger partial charge in [-0.25, -0.2) is 13.1 Å². The average Bonchev–Trinajstić information content (AvgIpc) is 2.67. The van der Waals surface area contributed by atoms with Crippen LogP contribution in [-0.4, -0.2) is 21.6 Å². The van der Waals surface area contributed by atoms with Crippen molar-refractivity contribution < 1.29 is 13.2 Å². The standard InChI is InChI=1S/C20H24ClNO3S/c21-19-8-4-5-9-20(19)25-15-14-22-26(23,24)18-12-10-17(11-13-18)16-6-2-1-3-7-16/h4-5,8-13,16,22H,1-3,6-7,14-15H2. The molecule has 0 saturated heterocycles. The molecule has 1 N–H and O–H groups in total. The normalized spacial score (nSPS) is 15.7. The molecular formula is C20H24ClNO3S. The molecule has 0 unspecified atom stereocenters. The lowest BCUT2D eigenvalue weighted by Gasteiger charge is -2.22. The molecule has 2 aromatic carbocycles. The van der Waals surface area contributed by atoms with E-state index in [0.717, 1.165) is 0 Å². The van der Waals surface area contributed by atoms with Gasteiger partial charge in [0.2, 0.25) is 10.0 Å². The fourth-order valence-electron chi connectivity index (χ4n) is 3.34. The maximum absolute atomic E-state index is 12.4. The molecular weight excluding hydrogens is 370 g/mol. The summed E-state index contributed by atoms with van der Waals surface area (Å²) >= 11 is 6.00. The van der Waals surface area contributed by atoms with Gasteiger partial charge in [-0.15, -0.1) is 0 Å². The molecule has 0 aliphatic heterocycles. The van der Waals surface area contributed by atoms with Crippen molar-refractivity contribution in [3.8, 4) is 5.75 Å². The first-order valence-corrected chi connectivity index (χ1v) is 10.9. The van der Waals surface area contributed by atoms with Gasteiger partial charge in [0.25, 0.3) is 0 Å². The van der Waals surface area contributed by atoms with Gasteiger partial charge in [0, 0.05) is 6.54 Å². The third-order valence-electron chi connectivity index (χ3n) is 4.76. The largest absolute Gasteiger partial charge is 0.491 e. The van der Waals surface area contributed by atoms with Crippen molar-refractivity contribution in [2.75, 3.05) is 13.2 Å². The van der Waals surface area contributed by atoms with Gasteiger partial charge in [0.1, 0.15) is 12.4 Å². The summed E-state index contributed by atoms with van der Waals surface area (Å²) in [5.41, 5.74) is 1.24. The predicted octanol–water partition coefficient (Wildman–Crippen LogP) is 4.75. The molecule has 1 aliphatic rings. The lowest BCUT2D eigenvalue weighted by atomic mass is 9.84. The topological polar surface area (TPSA) is 55.4 Å². The third-order valence-corrected chi connectivity index (χ3v) is 6.54. The second kappa shape index (κ2) is 8.89. The molecule has 3 rings (SSSR count). The summed E-state index contributed by atoms with van der Waals surface area (Å²) < 4.78 is 32.9. The Morgan fingerprint density at radius 2 is 1.69 bits per heavy atom. The third kappa shape index (κ3) is 5.00. The van der Waals surface area contributed by atoms with Crippen molar-refractivity contribution in [2.45, 2.75) is 42.9 Å². The number of hydrogen-bond donors (Lipinski definition) is 1. The van der Waals surface area contributed by atoms with Crippen LogP contribution in [-0.2, 0) is 10.0 Å². The Bertz CT molecular complexity index is 815. The molecule has 2 aromatic rings. The fraction of sp³-hybridized carbons (Fsp3) is 0.400. The molecule has 1 saturated carbocycles. The highest BCUT2D eigenvalue weighted by Crippen LogP contribution is 2.32. The van der Waals surface area contributed by atoms with Crippen molar-refractivity contribution >= 4 is 21.6 Å². The molecule has 0 amide bonds. The first kappa shape index (κ1) is 19.2. The quantitative estimate of drug-likeness (QED) is 0.691. The molecule has 26 heavy (non-hydrogen) atoms. The predicted molar refractivity (Wildman–Crippen MR) is 104 cm³/mol. The monoisotopic (exact) mass is 393 g/mol. The molecule has 1 aliphatic carbocycles. The molecule has 0 bridgehead atoms. The second-order valence-corrected chi connectivity index (χ2v) is 8.75. The van der Waals surface area contributed by atoms with Gasteiger partial charge < -0.3 is 4.74 Å². The van der Waals surface area contributed by atoms with Crippen LogP contribution < -0.4 is 9.46 Å². The summed E-state index contributed by atoms with van der Waals surface area (Å²) in [5, 5.41) is 0.508. The van der Waals surface area contributed by atoms with Crippen molar-refractivity contribution in [2.24, 2.45) is 0 Å². The van der Waals surface area contributed by atoms with E-state index in [1.54, 1.807) is 24.3 Å². The van der Waals surface area contributed by atoms with Crippen LogP contribution in [0.4, 0.5) is 0 Å². The van der Waals surface area contributed by atoms with Gasteiger partial charge in [0.15, 0.2) is 0 Å². The number of hydrogen-bond acceptors (Lipinski definition) is 3. The van der Waals surface area contributed by atoms with Gasteiger partial charge in [0.05, 0.1) is 9.92 Å². The van der Waals surface area contributed by atoms with E-state index in [2.05, 4.69) is 4.72 Å². The van der Waals surface area contributed by atoms with Crippen LogP contribution in [0.5, 0.6) is 5.75 Å². The molecule has 0 spiro atoms. The summed E-state index contributed by atoms with van der Waals surface area (Å²) in [6.45, 7) is 0.390. The number of para-hydroxylation sites is 1. The highest BCUT2D eigenvalue weighted by Gasteiger charge is 2.18. The Hall–Kier alpha value is -1.56. The van der Waals surface area contributed by atoms with Crippen LogP contribution in [0, 0.1) is 0 Å². The molecule has 0 atom stereocenters. The summed E-state index contributed by atoms with van der Waals surface area (Å²) in [5.74, 6) is 1.11. The zero-order chi connectivity index (χ0) is 18.4. The van der Waals surface area contributed by atoms with Crippen LogP contribution in [0.1, 0.15) is 43.6 Å². The zero-order valence-corrected chi connectivity index (χ0v) is 16.2. The van der Waals surface area contributed by atoms with Crippen molar-refractivity contribution in [1.82, 2.24) is 4.72 Å². The number of halogens is 1. The van der Waals surface area contributed by atoms with E-state index in [1.165, 1.54) is 37.7 Å². The number of benzene rings is 2. The van der Waals surface area contributed by atoms with Gasteiger partial charge in [-0.3, -0.25) is 0 Å². The Labute approximate surface area is 160 Å². The van der Waals surface area contributed by atoms with Gasteiger partial charge in [-0.2, -0.15) is 0 Å². The van der Waals surface area contributed by atoms with Crippen LogP contribution in [0.25, 0.3) is 0 Å². The Balaban J connectivity index is 1.53. The highest BCUT2D eigenvalue weighted by atomic mass is 35.5. The molecule has 4 nitrogen and oxygen atoms in total. The van der Waals surface area contributed by atoms with Crippen molar-refractivity contribution in [3.63, 3.8) is 0 Å². The summed E-state index contributed by atoms with van der Waals surface area (Å²) in [6.07, 6.45) is 6.23. The van der Waals surface area contributed by atoms with Crippen molar-refractivity contribution in [1.29, 1.82) is 0 Å². The van der Waals surface area contributed by atoms with E-state index < -0.39 is 10.0 Å². The van der Waals surface area contributed by atoms with Gasteiger partial charge >= 0.3 is 0 Å². The SMILES string of the molecule is O=S(=O)(NCCOc1ccccc1Cl)c1ccc(C2CCCCC2)cc1. The maximum atomic E-state index is 12.4. The number of rotatable bonds is 7. The Morgan fingerprint density at radius 3 is 2.38 bits per heavy atom. The van der Waals surface area contributed by atoms with Crippen LogP contribution in [0.15, 0.2) is 53.4 Å². The van der Waals surface area contributed by atoms with E-state index in [4.69, 9.17) is 16.3 Å². The Kier molecular flexibility index (Phi) is 6.57. The first-order chi connectivity index (χ1) is 12.6. The lowest BCUT2D eigenvalue weighted by Crippen LogP contribution is -2.28. The summed E-state index contributed by atoms with van der Waals surface area (Å²) in [6, 6.07) is 14.4. The van der Waals surface area contributed by atoms with E-state index in [9.17, 15) is 8.42 Å². The number of ether oxygens (including phenoxy) is 1. The van der Waals surface area contributed by atoms with E-state index in [1.807, 2.05) is 24.3 Å². The smallest absolute Gasteiger partial charge is 0.240 e. The van der Waals surface area contributed by atoms with Crippen LogP contribution >= 0.6 is 11.6 Å². The maximum Gasteiger partial charge on any atom is 0.240 e. The van der Waals surface area contributed by atoms with Crippen LogP contribution in [0.3, 0.4) is 0 Å². The van der Waals surface area contributed by atoms with Gasteiger partial charge in [-0.1, -0.05) is 55.1 Å². The molecule has 0 aromatic heterocycles. The number of sulfonamides is 1. The fourth-order valence-corrected chi connectivity index (χ4v) is 4.54. The van der Waals surface area contributed by atoms with Crippen LogP contribution in [0.2, 0.25) is 5.02 Å². The first-order valence-electron chi connectivity index (χ1n) is 9.03. The van der Waals surface area contributed by atoms with E-state index in [0.29, 0.717) is 16.7 Å². The van der Waals surface area contributed by atoms with Gasteiger partial charge in [-0.05, 0) is 48.6 Å². The van der Waals surface area contributed by atoms with E-state index >= 15 is 0 Å². The summed E-state index contributed by atoms with van der Waals surface area (Å²) in [4.78, 5) is 0.287. The minimum absolute atomic E-state index is 0.179. The minimum Gasteiger partial charge on any atom is -0.491 e. The van der Waals surface area contributed by atoms with E-state index in [-0.39, 0.29) is 18.0 Å². The molecule has 140 valence electrons. The minimum atomic E-state index is -3.54. The molecule has 6 heteroatoms. The summed E-state index contributed by atoms with van der Waals surface area (Å²) in [7, 11) is -3.54. The molecule has 0 radical (unpaired) electrons. The highest BCUT2D eigenvalue weighted by molar-refractivity contribution is 7.89. The molecule has 1 fully saturated rings. The number of nitrogens with one attached hydrogen (secondary N) is 1. The average molecular weight is 394 g/mol. The van der Waals surface area contributed by atoms with Crippen molar-refractivity contribution in [3.05, 3.63) is 59.1 Å². The zero-order valence-electron chi connectivity index (χ0n) is 14.7. The lowest BCUT2D eigenvalue weighted by molar-refractivity contribution is 0.323. The second-order valence-electron chi connectivity index (χ2n) is 6.58. The molecule has 0 heterocycles.